The molecule has 8 nitrogen and oxygen atoms in total. The Bertz CT molecular complexity index is 1110. The van der Waals surface area contributed by atoms with E-state index in [0.717, 1.165) is 4.31 Å². The molecule has 0 aliphatic carbocycles. The van der Waals surface area contributed by atoms with Crippen LogP contribution < -0.4 is 5.32 Å². The van der Waals surface area contributed by atoms with E-state index in [9.17, 15) is 13.2 Å². The molecule has 1 aliphatic rings. The van der Waals surface area contributed by atoms with Crippen molar-refractivity contribution in [3.63, 3.8) is 0 Å². The molecule has 3 rings (SSSR count). The number of rotatable bonds is 3. The molecule has 0 spiro atoms. The molecule has 11 heteroatoms. The summed E-state index contributed by atoms with van der Waals surface area (Å²) in [7, 11) is -1.10. The van der Waals surface area contributed by atoms with Crippen LogP contribution in [0.3, 0.4) is 0 Å². The average Bonchev–Trinajstić information content (AvgIpc) is 2.93. The smallest absolute Gasteiger partial charge is 0.319 e. The Morgan fingerprint density at radius 2 is 1.93 bits per heavy atom. The fourth-order valence-electron chi connectivity index (χ4n) is 2.43. The van der Waals surface area contributed by atoms with Crippen molar-refractivity contribution >= 4 is 50.7 Å². The summed E-state index contributed by atoms with van der Waals surface area (Å²) in [6, 6.07) is 4.75. The Morgan fingerprint density at radius 3 is 2.56 bits per heavy atom. The first kappa shape index (κ1) is 19.4. The van der Waals surface area contributed by atoms with Gasteiger partial charge in [0.1, 0.15) is 5.70 Å². The molecular weight excluding hydrogens is 413 g/mol. The van der Waals surface area contributed by atoms with Gasteiger partial charge in [-0.2, -0.15) is 13.5 Å². The van der Waals surface area contributed by atoms with Crippen LogP contribution in [0.25, 0.3) is 0 Å². The molecule has 0 saturated carbocycles. The molecule has 0 radical (unpaired) electrons. The molecule has 0 bridgehead atoms. The maximum absolute atomic E-state index is 12.7. The van der Waals surface area contributed by atoms with Gasteiger partial charge >= 0.3 is 10.2 Å². The first-order chi connectivity index (χ1) is 12.6. The zero-order chi connectivity index (χ0) is 19.9. The van der Waals surface area contributed by atoms with Gasteiger partial charge in [-0.05, 0) is 25.1 Å². The number of nitrogens with zero attached hydrogens (tertiary/aromatic N) is 4. The van der Waals surface area contributed by atoms with Crippen molar-refractivity contribution in [2.24, 2.45) is 11.4 Å². The highest BCUT2D eigenvalue weighted by Crippen LogP contribution is 2.30. The summed E-state index contributed by atoms with van der Waals surface area (Å²) < 4.78 is 31.0. The first-order valence-corrected chi connectivity index (χ1v) is 9.82. The highest BCUT2D eigenvalue weighted by atomic mass is 35.5. The lowest BCUT2D eigenvalue weighted by molar-refractivity contribution is -0.113. The van der Waals surface area contributed by atoms with Crippen LogP contribution in [0, 0.1) is 6.92 Å². The topological polar surface area (TPSA) is 96.7 Å². The minimum atomic E-state index is -4.07. The first-order valence-electron chi connectivity index (χ1n) is 7.66. The number of allylic oxidation sites excluding steroid dienone is 1. The van der Waals surface area contributed by atoms with Crippen molar-refractivity contribution in [1.29, 1.82) is 0 Å². The SMILES string of the molecule is Cc1c(C2=NS(=O)(=O)N(C)C(C(=O)Nc3cccc(Cl)c3Cl)=C2)cnn1C. The molecule has 1 N–H and O–H groups in total. The number of anilines is 1. The number of carbonyl (C=O) groups is 1. The zero-order valence-electron chi connectivity index (χ0n) is 14.6. The largest absolute Gasteiger partial charge is 0.345 e. The Balaban J connectivity index is 2.02. The van der Waals surface area contributed by atoms with E-state index >= 15 is 0 Å². The van der Waals surface area contributed by atoms with E-state index in [2.05, 4.69) is 14.8 Å². The Hall–Kier alpha value is -2.36. The van der Waals surface area contributed by atoms with Gasteiger partial charge in [-0.15, -0.1) is 4.40 Å². The van der Waals surface area contributed by atoms with Crippen LogP contribution in [0.15, 0.2) is 40.6 Å². The molecule has 0 unspecified atom stereocenters. The van der Waals surface area contributed by atoms with Crippen molar-refractivity contribution in [1.82, 2.24) is 14.1 Å². The fourth-order valence-corrected chi connectivity index (χ4v) is 3.68. The number of halogens is 2. The van der Waals surface area contributed by atoms with Gasteiger partial charge in [0.05, 0.1) is 27.6 Å². The molecule has 0 saturated heterocycles. The van der Waals surface area contributed by atoms with Crippen molar-refractivity contribution < 1.29 is 13.2 Å². The molecular formula is C16H15Cl2N5O3S. The van der Waals surface area contributed by atoms with Gasteiger partial charge in [-0.1, -0.05) is 29.3 Å². The summed E-state index contributed by atoms with van der Waals surface area (Å²) in [5.41, 5.74) is 1.51. The van der Waals surface area contributed by atoms with Gasteiger partial charge in [0.15, 0.2) is 0 Å². The summed E-state index contributed by atoms with van der Waals surface area (Å²) in [6.07, 6.45) is 2.88. The molecule has 0 atom stereocenters. The number of hydrogen-bond acceptors (Lipinski definition) is 4. The lowest BCUT2D eigenvalue weighted by Crippen LogP contribution is -2.35. The van der Waals surface area contributed by atoms with Gasteiger partial charge in [-0.25, -0.2) is 4.31 Å². The van der Waals surface area contributed by atoms with Crippen LogP contribution in [0.1, 0.15) is 11.3 Å². The normalized spacial score (nSPS) is 16.0. The number of amides is 1. The molecule has 2 aromatic rings. The molecule has 0 fully saturated rings. The summed E-state index contributed by atoms with van der Waals surface area (Å²) in [6.45, 7) is 1.77. The number of aryl methyl sites for hydroxylation is 1. The second-order valence-electron chi connectivity index (χ2n) is 5.77. The number of carbonyl (C=O) groups excluding carboxylic acids is 1. The summed E-state index contributed by atoms with van der Waals surface area (Å²) >= 11 is 12.0. The van der Waals surface area contributed by atoms with E-state index in [4.69, 9.17) is 23.2 Å². The van der Waals surface area contributed by atoms with Crippen LogP contribution in [0.4, 0.5) is 5.69 Å². The maximum Gasteiger partial charge on any atom is 0.345 e. The van der Waals surface area contributed by atoms with Crippen molar-refractivity contribution in [3.05, 3.63) is 57.5 Å². The number of nitrogens with one attached hydrogen (secondary N) is 1. The lowest BCUT2D eigenvalue weighted by Gasteiger charge is -2.23. The molecule has 1 aliphatic heterocycles. The number of benzene rings is 1. The van der Waals surface area contributed by atoms with Crippen LogP contribution in [-0.4, -0.2) is 41.2 Å². The number of likely N-dealkylation sites (N-methyl/N-ethyl adjacent to an activating group) is 1. The third kappa shape index (κ3) is 3.58. The van der Waals surface area contributed by atoms with Crippen LogP contribution in [0.2, 0.25) is 10.0 Å². The van der Waals surface area contributed by atoms with Gasteiger partial charge in [0.25, 0.3) is 5.91 Å². The molecule has 1 aromatic heterocycles. The quantitative estimate of drug-likeness (QED) is 0.813. The van der Waals surface area contributed by atoms with E-state index in [1.807, 2.05) is 0 Å². The van der Waals surface area contributed by atoms with Crippen LogP contribution >= 0.6 is 23.2 Å². The minimum absolute atomic E-state index is 0.112. The van der Waals surface area contributed by atoms with Gasteiger partial charge in [0, 0.05) is 25.4 Å². The molecule has 1 amide bonds. The van der Waals surface area contributed by atoms with Gasteiger partial charge < -0.3 is 5.32 Å². The minimum Gasteiger partial charge on any atom is -0.319 e. The van der Waals surface area contributed by atoms with E-state index in [-0.39, 0.29) is 27.1 Å². The zero-order valence-corrected chi connectivity index (χ0v) is 16.9. The fraction of sp³-hybridized carbons (Fsp3) is 0.188. The monoisotopic (exact) mass is 427 g/mol. The second-order valence-corrected chi connectivity index (χ2v) is 8.19. The Labute approximate surface area is 166 Å². The highest BCUT2D eigenvalue weighted by molar-refractivity contribution is 7.88. The van der Waals surface area contributed by atoms with Crippen LogP contribution in [0.5, 0.6) is 0 Å². The van der Waals surface area contributed by atoms with Crippen molar-refractivity contribution in [3.8, 4) is 0 Å². The number of aromatic nitrogens is 2. The van der Waals surface area contributed by atoms with Crippen molar-refractivity contribution in [2.45, 2.75) is 6.92 Å². The van der Waals surface area contributed by atoms with Crippen molar-refractivity contribution in [2.75, 3.05) is 12.4 Å². The summed E-state index contributed by atoms with van der Waals surface area (Å²) in [4.78, 5) is 12.7. The second kappa shape index (κ2) is 6.99. The van der Waals surface area contributed by atoms with Crippen LogP contribution in [-0.2, 0) is 22.1 Å². The van der Waals surface area contributed by atoms with E-state index in [1.165, 1.54) is 19.3 Å². The number of hydrogen-bond donors (Lipinski definition) is 1. The highest BCUT2D eigenvalue weighted by Gasteiger charge is 2.31. The third-order valence-corrected chi connectivity index (χ3v) is 6.25. The third-order valence-electron chi connectivity index (χ3n) is 4.12. The molecule has 27 heavy (non-hydrogen) atoms. The molecule has 1 aromatic carbocycles. The Morgan fingerprint density at radius 1 is 1.22 bits per heavy atom. The van der Waals surface area contributed by atoms with Gasteiger partial charge in [0.2, 0.25) is 0 Å². The molecule has 2 heterocycles. The predicted molar refractivity (Wildman–Crippen MR) is 104 cm³/mol. The predicted octanol–water partition coefficient (Wildman–Crippen LogP) is 2.54. The van der Waals surface area contributed by atoms with E-state index < -0.39 is 16.1 Å². The summed E-state index contributed by atoms with van der Waals surface area (Å²) in [5.74, 6) is -0.667. The van der Waals surface area contributed by atoms with E-state index in [1.54, 1.807) is 36.9 Å². The maximum atomic E-state index is 12.7. The average molecular weight is 428 g/mol. The summed E-state index contributed by atoms with van der Waals surface area (Å²) in [5, 5.41) is 7.08. The molecule has 142 valence electrons. The Kier molecular flexibility index (Phi) is 5.02. The standard InChI is InChI=1S/C16H15Cl2N5O3S/c1-9-10(8-19-22(9)2)13-7-14(23(3)27(25,26)21-13)16(24)20-12-6-4-5-11(17)15(12)18/h4-8H,1-3H3,(H,20,24). The van der Waals surface area contributed by atoms with Gasteiger partial charge in [-0.3, -0.25) is 9.48 Å². The van der Waals surface area contributed by atoms with E-state index in [0.29, 0.717) is 11.3 Å². The lowest BCUT2D eigenvalue weighted by atomic mass is 10.1.